The van der Waals surface area contributed by atoms with Gasteiger partial charge in [0.2, 0.25) is 0 Å². The molecule has 0 spiro atoms. The average Bonchev–Trinajstić information content (AvgIpc) is 2.45. The van der Waals surface area contributed by atoms with Crippen molar-refractivity contribution in [3.8, 4) is 0 Å². The Kier molecular flexibility index (Phi) is 2.97. The highest BCUT2D eigenvalue weighted by molar-refractivity contribution is 6.30. The van der Waals surface area contributed by atoms with Crippen molar-refractivity contribution in [3.63, 3.8) is 0 Å². The quantitative estimate of drug-likeness (QED) is 0.685. The van der Waals surface area contributed by atoms with Crippen LogP contribution in [0, 0.1) is 0 Å². The Bertz CT molecular complexity index is 723. The van der Waals surface area contributed by atoms with Crippen LogP contribution in [0.2, 0.25) is 5.02 Å². The van der Waals surface area contributed by atoms with E-state index in [0.717, 1.165) is 27.8 Å². The second-order valence-corrected chi connectivity index (χ2v) is 4.69. The van der Waals surface area contributed by atoms with Crippen LogP contribution in [0.25, 0.3) is 10.8 Å². The first-order chi connectivity index (χ1) is 9.24. The van der Waals surface area contributed by atoms with Crippen molar-refractivity contribution in [2.24, 2.45) is 0 Å². The van der Waals surface area contributed by atoms with Crippen LogP contribution in [0.3, 0.4) is 0 Å². The fourth-order valence-electron chi connectivity index (χ4n) is 1.99. The highest BCUT2D eigenvalue weighted by Gasteiger charge is 2.04. The number of pyridine rings is 1. The maximum atomic E-state index is 6.18. The molecule has 0 radical (unpaired) electrons. The molecular weight excluding hydrogens is 258 g/mol. The monoisotopic (exact) mass is 269 g/mol. The average molecular weight is 270 g/mol. The van der Waals surface area contributed by atoms with E-state index in [0.29, 0.717) is 5.02 Å². The largest absolute Gasteiger partial charge is 0.397 e. The summed E-state index contributed by atoms with van der Waals surface area (Å²) in [7, 11) is 0. The molecule has 1 aromatic heterocycles. The Labute approximate surface area is 116 Å². The molecule has 0 aliphatic carbocycles. The van der Waals surface area contributed by atoms with Gasteiger partial charge in [0.1, 0.15) is 0 Å². The van der Waals surface area contributed by atoms with Crippen LogP contribution in [0.15, 0.2) is 54.9 Å². The Morgan fingerprint density at radius 2 is 1.79 bits per heavy atom. The molecule has 2 aromatic carbocycles. The molecule has 0 bridgehead atoms. The number of nitrogen functional groups attached to an aromatic ring is 1. The van der Waals surface area contributed by atoms with Crippen molar-refractivity contribution in [1.29, 1.82) is 0 Å². The van der Waals surface area contributed by atoms with Crippen molar-refractivity contribution < 1.29 is 0 Å². The third kappa shape index (κ3) is 2.33. The number of benzene rings is 2. The van der Waals surface area contributed by atoms with Crippen molar-refractivity contribution in [3.05, 3.63) is 59.9 Å². The fourth-order valence-corrected chi connectivity index (χ4v) is 2.12. The first-order valence-corrected chi connectivity index (χ1v) is 6.26. The lowest BCUT2D eigenvalue weighted by atomic mass is 10.1. The van der Waals surface area contributed by atoms with E-state index in [2.05, 4.69) is 10.3 Å². The Balaban J connectivity index is 2.01. The first kappa shape index (κ1) is 11.8. The number of rotatable bonds is 2. The van der Waals surface area contributed by atoms with Crippen LogP contribution in [-0.2, 0) is 0 Å². The van der Waals surface area contributed by atoms with Gasteiger partial charge in [-0.15, -0.1) is 0 Å². The molecule has 3 N–H and O–H groups in total. The molecule has 94 valence electrons. The van der Waals surface area contributed by atoms with Crippen molar-refractivity contribution in [2.45, 2.75) is 0 Å². The van der Waals surface area contributed by atoms with Gasteiger partial charge in [-0.2, -0.15) is 0 Å². The third-order valence-corrected chi connectivity index (χ3v) is 3.24. The van der Waals surface area contributed by atoms with Crippen LogP contribution in [-0.4, -0.2) is 4.98 Å². The number of halogens is 1. The molecule has 0 aliphatic rings. The van der Waals surface area contributed by atoms with E-state index in [1.807, 2.05) is 42.5 Å². The van der Waals surface area contributed by atoms with Gasteiger partial charge in [-0.05, 0) is 36.4 Å². The maximum absolute atomic E-state index is 6.18. The minimum absolute atomic E-state index is 0.711. The first-order valence-electron chi connectivity index (χ1n) is 5.89. The second-order valence-electron chi connectivity index (χ2n) is 4.26. The van der Waals surface area contributed by atoms with E-state index in [1.165, 1.54) is 0 Å². The van der Waals surface area contributed by atoms with Gasteiger partial charge < -0.3 is 11.1 Å². The SMILES string of the molecule is Nc1c(Nc2ccc(Cl)cc2)ccc2cnccc12. The molecule has 0 unspecified atom stereocenters. The van der Waals surface area contributed by atoms with Crippen molar-refractivity contribution >= 4 is 39.4 Å². The summed E-state index contributed by atoms with van der Waals surface area (Å²) in [6.45, 7) is 0. The van der Waals surface area contributed by atoms with Gasteiger partial charge in [0.05, 0.1) is 11.4 Å². The maximum Gasteiger partial charge on any atom is 0.0634 e. The minimum Gasteiger partial charge on any atom is -0.397 e. The highest BCUT2D eigenvalue weighted by Crippen LogP contribution is 2.30. The Hall–Kier alpha value is -2.26. The zero-order chi connectivity index (χ0) is 13.2. The van der Waals surface area contributed by atoms with Crippen molar-refractivity contribution in [1.82, 2.24) is 4.98 Å². The molecular formula is C15H12ClN3. The summed E-state index contributed by atoms with van der Waals surface area (Å²) < 4.78 is 0. The summed E-state index contributed by atoms with van der Waals surface area (Å²) in [4.78, 5) is 4.09. The fraction of sp³-hybridized carbons (Fsp3) is 0. The molecule has 0 fully saturated rings. The number of anilines is 3. The number of hydrogen-bond acceptors (Lipinski definition) is 3. The van der Waals surface area contributed by atoms with E-state index in [9.17, 15) is 0 Å². The zero-order valence-electron chi connectivity index (χ0n) is 10.1. The molecule has 3 rings (SSSR count). The van der Waals surface area contributed by atoms with Gasteiger partial charge in [-0.3, -0.25) is 4.98 Å². The number of hydrogen-bond donors (Lipinski definition) is 2. The van der Waals surface area contributed by atoms with E-state index in [-0.39, 0.29) is 0 Å². The summed E-state index contributed by atoms with van der Waals surface area (Å²) in [5.41, 5.74) is 8.72. The van der Waals surface area contributed by atoms with E-state index < -0.39 is 0 Å². The van der Waals surface area contributed by atoms with Crippen molar-refractivity contribution in [2.75, 3.05) is 11.1 Å². The summed E-state index contributed by atoms with van der Waals surface area (Å²) in [6.07, 6.45) is 3.54. The van der Waals surface area contributed by atoms with Crippen LogP contribution in [0.5, 0.6) is 0 Å². The summed E-state index contributed by atoms with van der Waals surface area (Å²) >= 11 is 5.86. The highest BCUT2D eigenvalue weighted by atomic mass is 35.5. The topological polar surface area (TPSA) is 50.9 Å². The lowest BCUT2D eigenvalue weighted by Gasteiger charge is -2.11. The molecule has 3 nitrogen and oxygen atoms in total. The molecule has 1 heterocycles. The van der Waals surface area contributed by atoms with Gasteiger partial charge in [-0.1, -0.05) is 17.7 Å². The van der Waals surface area contributed by atoms with Gasteiger partial charge in [0.25, 0.3) is 0 Å². The van der Waals surface area contributed by atoms with Crippen LogP contribution >= 0.6 is 11.6 Å². The number of nitrogens with zero attached hydrogens (tertiary/aromatic N) is 1. The predicted octanol–water partition coefficient (Wildman–Crippen LogP) is 4.21. The van der Waals surface area contributed by atoms with E-state index in [4.69, 9.17) is 17.3 Å². The molecule has 3 aromatic rings. The van der Waals surface area contributed by atoms with Gasteiger partial charge >= 0.3 is 0 Å². The summed E-state index contributed by atoms with van der Waals surface area (Å²) in [5, 5.41) is 6.02. The number of nitrogens with two attached hydrogens (primary N) is 1. The third-order valence-electron chi connectivity index (χ3n) is 2.99. The second kappa shape index (κ2) is 4.78. The standard InChI is InChI=1S/C15H12ClN3/c16-11-2-4-12(5-3-11)19-14-6-1-10-9-18-8-7-13(10)15(14)17/h1-9,19H,17H2. The minimum atomic E-state index is 0.711. The zero-order valence-corrected chi connectivity index (χ0v) is 10.9. The molecule has 0 saturated carbocycles. The number of nitrogens with one attached hydrogen (secondary N) is 1. The van der Waals surface area contributed by atoms with Crippen LogP contribution in [0.4, 0.5) is 17.1 Å². The molecule has 0 atom stereocenters. The summed E-state index contributed by atoms with van der Waals surface area (Å²) in [5.74, 6) is 0. The van der Waals surface area contributed by atoms with Crippen LogP contribution in [0.1, 0.15) is 0 Å². The normalized spacial score (nSPS) is 10.6. The van der Waals surface area contributed by atoms with E-state index in [1.54, 1.807) is 12.4 Å². The lowest BCUT2D eigenvalue weighted by Crippen LogP contribution is -1.97. The van der Waals surface area contributed by atoms with Gasteiger partial charge in [0.15, 0.2) is 0 Å². The Morgan fingerprint density at radius 1 is 1.00 bits per heavy atom. The molecule has 0 saturated heterocycles. The van der Waals surface area contributed by atoms with Gasteiger partial charge in [-0.25, -0.2) is 0 Å². The molecule has 19 heavy (non-hydrogen) atoms. The number of fused-ring (bicyclic) bond motifs is 1. The van der Waals surface area contributed by atoms with E-state index >= 15 is 0 Å². The van der Waals surface area contributed by atoms with Gasteiger partial charge in [0, 0.05) is 33.9 Å². The Morgan fingerprint density at radius 3 is 2.58 bits per heavy atom. The molecule has 0 amide bonds. The predicted molar refractivity (Wildman–Crippen MR) is 80.9 cm³/mol. The lowest BCUT2D eigenvalue weighted by molar-refractivity contribution is 1.36. The smallest absolute Gasteiger partial charge is 0.0634 e. The van der Waals surface area contributed by atoms with Crippen LogP contribution < -0.4 is 11.1 Å². The summed E-state index contributed by atoms with van der Waals surface area (Å²) in [6, 6.07) is 13.4. The molecule has 0 aliphatic heterocycles. The number of aromatic nitrogens is 1. The molecule has 4 heteroatoms.